The van der Waals surface area contributed by atoms with Crippen LogP contribution in [0.5, 0.6) is 0 Å². The molecular weight excluding hydrogens is 349 g/mol. The highest BCUT2D eigenvalue weighted by Crippen LogP contribution is 2.24. The first kappa shape index (κ1) is 18.3. The lowest BCUT2D eigenvalue weighted by molar-refractivity contribution is -0.140. The normalized spacial score (nSPS) is 11.2. The van der Waals surface area contributed by atoms with Crippen LogP contribution >= 0.6 is 23.2 Å². The van der Waals surface area contributed by atoms with Gasteiger partial charge in [-0.1, -0.05) is 64.8 Å². The third-order valence-corrected chi connectivity index (χ3v) is 4.03. The Morgan fingerprint density at radius 3 is 2.46 bits per heavy atom. The van der Waals surface area contributed by atoms with Gasteiger partial charge in [0.05, 0.1) is 29.3 Å². The second-order valence-electron chi connectivity index (χ2n) is 5.00. The number of halogens is 2. The van der Waals surface area contributed by atoms with Crippen LogP contribution in [0.25, 0.3) is 0 Å². The van der Waals surface area contributed by atoms with Crippen molar-refractivity contribution in [3.63, 3.8) is 0 Å². The summed E-state index contributed by atoms with van der Waals surface area (Å²) in [7, 11) is 1.35. The topological polar surface area (TPSA) is 47.9 Å². The Morgan fingerprint density at radius 1 is 1.04 bits per heavy atom. The predicted molar refractivity (Wildman–Crippen MR) is 95.5 cm³/mol. The Morgan fingerprint density at radius 2 is 1.79 bits per heavy atom. The van der Waals surface area contributed by atoms with E-state index in [-0.39, 0.29) is 12.4 Å². The van der Waals surface area contributed by atoms with E-state index in [4.69, 9.17) is 28.0 Å². The van der Waals surface area contributed by atoms with Crippen LogP contribution in [0.1, 0.15) is 24.0 Å². The highest BCUT2D eigenvalue weighted by atomic mass is 35.5. The zero-order chi connectivity index (χ0) is 17.4. The molecule has 6 heteroatoms. The summed E-state index contributed by atoms with van der Waals surface area (Å²) in [6.45, 7) is 0.337. The summed E-state index contributed by atoms with van der Waals surface area (Å²) in [4.78, 5) is 16.8. The van der Waals surface area contributed by atoms with Crippen molar-refractivity contribution in [3.05, 3.63) is 69.7 Å². The van der Waals surface area contributed by atoms with Crippen molar-refractivity contribution in [1.29, 1.82) is 0 Å². The van der Waals surface area contributed by atoms with Crippen LogP contribution in [-0.4, -0.2) is 18.8 Å². The zero-order valence-corrected chi connectivity index (χ0v) is 14.7. The standard InChI is InChI=1S/C18H17Cl2NO3/c1-23-18(22)10-9-17(14-7-8-15(19)16(20)11-14)21-24-12-13-5-3-2-4-6-13/h2-8,11H,9-10,12H2,1H3/b21-17+. The van der Waals surface area contributed by atoms with Crippen molar-refractivity contribution in [1.82, 2.24) is 0 Å². The van der Waals surface area contributed by atoms with E-state index >= 15 is 0 Å². The van der Waals surface area contributed by atoms with Crippen molar-refractivity contribution in [2.75, 3.05) is 7.11 Å². The molecule has 0 aliphatic heterocycles. The third-order valence-electron chi connectivity index (χ3n) is 3.30. The Kier molecular flexibility index (Phi) is 7.09. The number of carbonyl (C=O) groups is 1. The lowest BCUT2D eigenvalue weighted by atomic mass is 10.1. The van der Waals surface area contributed by atoms with Gasteiger partial charge in [0.2, 0.25) is 0 Å². The SMILES string of the molecule is COC(=O)CC/C(=N\OCc1ccccc1)c1ccc(Cl)c(Cl)c1. The van der Waals surface area contributed by atoms with Gasteiger partial charge in [0.1, 0.15) is 6.61 Å². The number of benzene rings is 2. The van der Waals surface area contributed by atoms with Crippen LogP contribution in [0, 0.1) is 0 Å². The molecule has 126 valence electrons. The smallest absolute Gasteiger partial charge is 0.305 e. The number of oxime groups is 1. The monoisotopic (exact) mass is 365 g/mol. The molecule has 2 aromatic carbocycles. The molecule has 2 rings (SSSR count). The Balaban J connectivity index is 2.13. The fourth-order valence-electron chi connectivity index (χ4n) is 2.00. The third kappa shape index (κ3) is 5.55. The molecule has 0 aromatic heterocycles. The number of esters is 1. The van der Waals surface area contributed by atoms with E-state index in [2.05, 4.69) is 9.89 Å². The number of hydrogen-bond acceptors (Lipinski definition) is 4. The minimum absolute atomic E-state index is 0.199. The number of ether oxygens (including phenoxy) is 1. The molecule has 0 N–H and O–H groups in total. The summed E-state index contributed by atoms with van der Waals surface area (Å²) in [6, 6.07) is 14.9. The second-order valence-corrected chi connectivity index (χ2v) is 5.82. The molecule has 24 heavy (non-hydrogen) atoms. The summed E-state index contributed by atoms with van der Waals surface area (Å²) in [5.41, 5.74) is 2.36. The minimum Gasteiger partial charge on any atom is -0.469 e. The molecule has 2 aromatic rings. The maximum atomic E-state index is 11.4. The number of rotatable bonds is 7. The molecule has 0 aliphatic rings. The minimum atomic E-state index is -0.314. The molecule has 0 bridgehead atoms. The van der Waals surface area contributed by atoms with Crippen molar-refractivity contribution in [2.45, 2.75) is 19.4 Å². The average molecular weight is 366 g/mol. The van der Waals surface area contributed by atoms with Crippen LogP contribution in [0.2, 0.25) is 10.0 Å². The van der Waals surface area contributed by atoms with Gasteiger partial charge in [-0.05, 0) is 17.7 Å². The van der Waals surface area contributed by atoms with E-state index in [1.54, 1.807) is 18.2 Å². The Labute approximate surface area is 151 Å². The molecule has 0 amide bonds. The lowest BCUT2D eigenvalue weighted by Crippen LogP contribution is -2.08. The van der Waals surface area contributed by atoms with Crippen LogP contribution in [0.3, 0.4) is 0 Å². The summed E-state index contributed by atoms with van der Waals surface area (Å²) >= 11 is 12.0. The molecule has 0 heterocycles. The quantitative estimate of drug-likeness (QED) is 0.399. The molecular formula is C18H17Cl2NO3. The van der Waals surface area contributed by atoms with Gasteiger partial charge in [-0.25, -0.2) is 0 Å². The van der Waals surface area contributed by atoms with E-state index in [0.717, 1.165) is 11.1 Å². The van der Waals surface area contributed by atoms with Gasteiger partial charge in [-0.15, -0.1) is 0 Å². The Bertz CT molecular complexity index is 717. The highest BCUT2D eigenvalue weighted by Gasteiger charge is 2.11. The largest absolute Gasteiger partial charge is 0.469 e. The van der Waals surface area contributed by atoms with E-state index in [0.29, 0.717) is 28.8 Å². The molecule has 0 saturated carbocycles. The number of hydrogen-bond donors (Lipinski definition) is 0. The summed E-state index contributed by atoms with van der Waals surface area (Å²) in [5.74, 6) is -0.314. The number of nitrogens with zero attached hydrogens (tertiary/aromatic N) is 1. The fourth-order valence-corrected chi connectivity index (χ4v) is 2.30. The molecule has 0 spiro atoms. The van der Waals surface area contributed by atoms with Gasteiger partial charge in [-0.2, -0.15) is 0 Å². The van der Waals surface area contributed by atoms with Gasteiger partial charge >= 0.3 is 5.97 Å². The summed E-state index contributed by atoms with van der Waals surface area (Å²) in [6.07, 6.45) is 0.573. The number of carbonyl (C=O) groups excluding carboxylic acids is 1. The second kappa shape index (κ2) is 9.30. The fraction of sp³-hybridized carbons (Fsp3) is 0.222. The van der Waals surface area contributed by atoms with Crippen molar-refractivity contribution in [3.8, 4) is 0 Å². The molecule has 0 aliphatic carbocycles. The molecule has 0 radical (unpaired) electrons. The van der Waals surface area contributed by atoms with Crippen LogP contribution < -0.4 is 0 Å². The van der Waals surface area contributed by atoms with Gasteiger partial charge in [0.25, 0.3) is 0 Å². The van der Waals surface area contributed by atoms with E-state index in [1.165, 1.54) is 7.11 Å². The van der Waals surface area contributed by atoms with Gasteiger partial charge in [0, 0.05) is 12.0 Å². The maximum Gasteiger partial charge on any atom is 0.305 e. The van der Waals surface area contributed by atoms with E-state index in [9.17, 15) is 4.79 Å². The summed E-state index contributed by atoms with van der Waals surface area (Å²) < 4.78 is 4.67. The molecule has 0 saturated heterocycles. The average Bonchev–Trinajstić information content (AvgIpc) is 2.61. The van der Waals surface area contributed by atoms with E-state index in [1.807, 2.05) is 30.3 Å². The van der Waals surface area contributed by atoms with Crippen molar-refractivity contribution >= 4 is 34.9 Å². The van der Waals surface area contributed by atoms with E-state index < -0.39 is 0 Å². The molecule has 0 unspecified atom stereocenters. The van der Waals surface area contributed by atoms with Gasteiger partial charge in [-0.3, -0.25) is 4.79 Å². The number of methoxy groups -OCH3 is 1. The Hall–Kier alpha value is -2.04. The zero-order valence-electron chi connectivity index (χ0n) is 13.2. The highest BCUT2D eigenvalue weighted by molar-refractivity contribution is 6.42. The molecule has 0 fully saturated rings. The molecule has 4 nitrogen and oxygen atoms in total. The van der Waals surface area contributed by atoms with Gasteiger partial charge < -0.3 is 9.57 Å². The van der Waals surface area contributed by atoms with Crippen LogP contribution in [-0.2, 0) is 21.0 Å². The maximum absolute atomic E-state index is 11.4. The van der Waals surface area contributed by atoms with Crippen LogP contribution in [0.15, 0.2) is 53.7 Å². The van der Waals surface area contributed by atoms with Crippen LogP contribution in [0.4, 0.5) is 0 Å². The molecule has 0 atom stereocenters. The van der Waals surface area contributed by atoms with Crippen molar-refractivity contribution in [2.24, 2.45) is 5.16 Å². The summed E-state index contributed by atoms with van der Waals surface area (Å²) in [5, 5.41) is 5.05. The predicted octanol–water partition coefficient (Wildman–Crippen LogP) is 4.87. The first-order valence-corrected chi connectivity index (χ1v) is 8.10. The first-order valence-electron chi connectivity index (χ1n) is 7.35. The lowest BCUT2D eigenvalue weighted by Gasteiger charge is -2.08. The van der Waals surface area contributed by atoms with Crippen molar-refractivity contribution < 1.29 is 14.4 Å². The van der Waals surface area contributed by atoms with Gasteiger partial charge in [0.15, 0.2) is 0 Å². The first-order chi connectivity index (χ1) is 11.6.